The van der Waals surface area contributed by atoms with Gasteiger partial charge in [0.05, 0.1) is 17.7 Å². The summed E-state index contributed by atoms with van der Waals surface area (Å²) in [5.74, 6) is -0.491. The van der Waals surface area contributed by atoms with Crippen molar-refractivity contribution in [2.75, 3.05) is 7.11 Å². The van der Waals surface area contributed by atoms with Crippen molar-refractivity contribution < 1.29 is 24.2 Å². The fraction of sp³-hybridized carbons (Fsp3) is 0.0833. The van der Waals surface area contributed by atoms with Crippen molar-refractivity contribution in [2.45, 2.75) is 6.61 Å². The van der Waals surface area contributed by atoms with Crippen LogP contribution in [0.1, 0.15) is 21.5 Å². The zero-order chi connectivity index (χ0) is 22.2. The molecule has 0 unspecified atom stereocenters. The minimum Gasteiger partial charge on any atom is -0.497 e. The molecule has 2 N–H and O–H groups in total. The van der Waals surface area contributed by atoms with Gasteiger partial charge in [0.2, 0.25) is 0 Å². The molecule has 3 rings (SSSR count). The highest BCUT2D eigenvalue weighted by Gasteiger charge is 2.15. The number of carbonyl (C=O) groups is 2. The number of carbonyl (C=O) groups excluding carboxylic acids is 1. The number of methoxy groups -OCH3 is 1. The van der Waals surface area contributed by atoms with E-state index in [0.29, 0.717) is 17.9 Å². The molecule has 0 fully saturated rings. The van der Waals surface area contributed by atoms with E-state index in [0.717, 1.165) is 11.3 Å². The molecule has 7 heteroatoms. The second-order valence-corrected chi connectivity index (χ2v) is 6.91. The van der Waals surface area contributed by atoms with E-state index in [1.54, 1.807) is 49.6 Å². The molecule has 0 radical (unpaired) electrons. The Morgan fingerprint density at radius 3 is 2.42 bits per heavy atom. The molecule has 0 spiro atoms. The number of amides is 1. The van der Waals surface area contributed by atoms with Crippen LogP contribution in [-0.2, 0) is 11.4 Å². The summed E-state index contributed by atoms with van der Waals surface area (Å²) < 4.78 is 11.0. The molecule has 0 atom stereocenters. The third-order valence-corrected chi connectivity index (χ3v) is 4.66. The minimum atomic E-state index is -1.27. The molecule has 3 aromatic rings. The molecular formula is C24H20ClNO5. The number of rotatable bonds is 8. The number of carboxylic acid groups (broad SMARTS) is 1. The minimum absolute atomic E-state index is 0.192. The lowest BCUT2D eigenvalue weighted by molar-refractivity contribution is -0.132. The van der Waals surface area contributed by atoms with Crippen LogP contribution in [0.25, 0.3) is 6.08 Å². The second-order valence-electron chi connectivity index (χ2n) is 6.51. The van der Waals surface area contributed by atoms with E-state index in [-0.39, 0.29) is 16.3 Å². The summed E-state index contributed by atoms with van der Waals surface area (Å²) in [4.78, 5) is 23.9. The number of halogens is 1. The Hall–Kier alpha value is -3.77. The van der Waals surface area contributed by atoms with E-state index < -0.39 is 11.9 Å². The third-order valence-electron chi connectivity index (χ3n) is 4.33. The van der Waals surface area contributed by atoms with Crippen molar-refractivity contribution in [3.8, 4) is 11.5 Å². The maximum Gasteiger partial charge on any atom is 0.352 e. The lowest BCUT2D eigenvalue weighted by Gasteiger charge is -2.09. The smallest absolute Gasteiger partial charge is 0.352 e. The van der Waals surface area contributed by atoms with Crippen LogP contribution in [0.4, 0.5) is 0 Å². The molecule has 6 nitrogen and oxygen atoms in total. The Labute approximate surface area is 184 Å². The maximum atomic E-state index is 12.4. The summed E-state index contributed by atoms with van der Waals surface area (Å²) in [5, 5.41) is 12.1. The average molecular weight is 438 g/mol. The Morgan fingerprint density at radius 2 is 1.74 bits per heavy atom. The molecule has 158 valence electrons. The molecule has 0 saturated heterocycles. The molecular weight excluding hydrogens is 418 g/mol. The lowest BCUT2D eigenvalue weighted by atomic mass is 10.1. The molecule has 3 aromatic carbocycles. The van der Waals surface area contributed by atoms with Gasteiger partial charge in [-0.15, -0.1) is 0 Å². The first-order valence-corrected chi connectivity index (χ1v) is 9.70. The lowest BCUT2D eigenvalue weighted by Crippen LogP contribution is -2.27. The molecule has 1 amide bonds. The number of benzene rings is 3. The summed E-state index contributed by atoms with van der Waals surface area (Å²) in [7, 11) is 1.61. The number of nitrogens with one attached hydrogen (secondary N) is 1. The van der Waals surface area contributed by atoms with Gasteiger partial charge in [-0.05, 0) is 53.6 Å². The highest BCUT2D eigenvalue weighted by atomic mass is 35.5. The third kappa shape index (κ3) is 6.10. The van der Waals surface area contributed by atoms with E-state index in [1.165, 1.54) is 12.1 Å². The Morgan fingerprint density at radius 1 is 1.00 bits per heavy atom. The summed E-state index contributed by atoms with van der Waals surface area (Å²) in [6, 6.07) is 20.8. The first kappa shape index (κ1) is 21.9. The Bertz CT molecular complexity index is 1110. The molecule has 0 aromatic heterocycles. The highest BCUT2D eigenvalue weighted by molar-refractivity contribution is 6.34. The number of aliphatic carboxylic acids is 1. The van der Waals surface area contributed by atoms with Crippen LogP contribution in [-0.4, -0.2) is 24.1 Å². The molecule has 0 aliphatic carbocycles. The van der Waals surface area contributed by atoms with Gasteiger partial charge < -0.3 is 19.9 Å². The monoisotopic (exact) mass is 437 g/mol. The number of hydrogen-bond donors (Lipinski definition) is 2. The van der Waals surface area contributed by atoms with Gasteiger partial charge in [0.15, 0.2) is 0 Å². The van der Waals surface area contributed by atoms with Crippen LogP contribution in [0.5, 0.6) is 11.5 Å². The highest BCUT2D eigenvalue weighted by Crippen LogP contribution is 2.19. The molecule has 0 aliphatic heterocycles. The van der Waals surface area contributed by atoms with Crippen molar-refractivity contribution in [3.63, 3.8) is 0 Å². The van der Waals surface area contributed by atoms with Gasteiger partial charge in [0.1, 0.15) is 23.8 Å². The van der Waals surface area contributed by atoms with Crippen LogP contribution in [0.15, 0.2) is 78.5 Å². The number of carboxylic acids is 1. The maximum absolute atomic E-state index is 12.4. The zero-order valence-corrected chi connectivity index (χ0v) is 17.4. The van der Waals surface area contributed by atoms with Gasteiger partial charge in [-0.25, -0.2) is 4.79 Å². The van der Waals surface area contributed by atoms with Crippen molar-refractivity contribution in [1.29, 1.82) is 0 Å². The standard InChI is InChI=1S/C24H20ClNO5/c1-30-19-6-4-5-17(13-19)15-31-18-11-9-16(10-12-18)14-22(24(28)29)26-23(27)20-7-2-3-8-21(20)25/h2-14H,15H2,1H3,(H,26,27)(H,28,29)/b22-14-. The summed E-state index contributed by atoms with van der Waals surface area (Å²) in [6.07, 6.45) is 1.36. The number of hydrogen-bond acceptors (Lipinski definition) is 4. The topological polar surface area (TPSA) is 84.9 Å². The molecule has 0 aliphatic rings. The largest absolute Gasteiger partial charge is 0.497 e. The van der Waals surface area contributed by atoms with Crippen molar-refractivity contribution in [3.05, 3.63) is 100 Å². The first-order chi connectivity index (χ1) is 15.0. The van der Waals surface area contributed by atoms with Gasteiger partial charge in [0.25, 0.3) is 5.91 Å². The van der Waals surface area contributed by atoms with Crippen molar-refractivity contribution in [1.82, 2.24) is 5.32 Å². The second kappa shape index (κ2) is 10.3. The SMILES string of the molecule is COc1cccc(COc2ccc(/C=C(\NC(=O)c3ccccc3Cl)C(=O)O)cc2)c1. The van der Waals surface area contributed by atoms with Gasteiger partial charge in [0, 0.05) is 0 Å². The molecule has 0 bridgehead atoms. The molecule has 31 heavy (non-hydrogen) atoms. The Balaban J connectivity index is 1.68. The van der Waals surface area contributed by atoms with Gasteiger partial charge in [-0.3, -0.25) is 4.79 Å². The van der Waals surface area contributed by atoms with Crippen LogP contribution >= 0.6 is 11.6 Å². The van der Waals surface area contributed by atoms with Crippen molar-refractivity contribution in [2.24, 2.45) is 0 Å². The summed E-state index contributed by atoms with van der Waals surface area (Å²) in [5.41, 5.74) is 1.47. The summed E-state index contributed by atoms with van der Waals surface area (Å²) >= 11 is 6.00. The predicted molar refractivity (Wildman–Crippen MR) is 118 cm³/mol. The summed E-state index contributed by atoms with van der Waals surface area (Å²) in [6.45, 7) is 0.362. The fourth-order valence-electron chi connectivity index (χ4n) is 2.74. The average Bonchev–Trinajstić information content (AvgIpc) is 2.78. The molecule has 0 saturated carbocycles. The van der Waals surface area contributed by atoms with Crippen LogP contribution < -0.4 is 14.8 Å². The Kier molecular flexibility index (Phi) is 7.30. The van der Waals surface area contributed by atoms with Crippen LogP contribution in [0.3, 0.4) is 0 Å². The normalized spacial score (nSPS) is 11.0. The van der Waals surface area contributed by atoms with E-state index >= 15 is 0 Å². The van der Waals surface area contributed by atoms with E-state index in [2.05, 4.69) is 5.32 Å². The fourth-order valence-corrected chi connectivity index (χ4v) is 2.96. The predicted octanol–water partition coefficient (Wildman–Crippen LogP) is 4.78. The molecule has 0 heterocycles. The van der Waals surface area contributed by atoms with Crippen molar-refractivity contribution >= 4 is 29.6 Å². The first-order valence-electron chi connectivity index (χ1n) is 9.33. The quantitative estimate of drug-likeness (QED) is 0.495. The van der Waals surface area contributed by atoms with Gasteiger partial charge in [-0.1, -0.05) is 48.0 Å². The van der Waals surface area contributed by atoms with E-state index in [4.69, 9.17) is 21.1 Å². The van der Waals surface area contributed by atoms with Crippen LogP contribution in [0, 0.1) is 0 Å². The van der Waals surface area contributed by atoms with Crippen LogP contribution in [0.2, 0.25) is 5.02 Å². The van der Waals surface area contributed by atoms with E-state index in [9.17, 15) is 14.7 Å². The number of ether oxygens (including phenoxy) is 2. The van der Waals surface area contributed by atoms with Gasteiger partial charge in [-0.2, -0.15) is 0 Å². The van der Waals surface area contributed by atoms with Gasteiger partial charge >= 0.3 is 5.97 Å². The zero-order valence-electron chi connectivity index (χ0n) is 16.7. The van der Waals surface area contributed by atoms with E-state index in [1.807, 2.05) is 24.3 Å².